The Kier molecular flexibility index (Phi) is 8.47. The monoisotopic (exact) mass is 281 g/mol. The molecule has 0 spiro atoms. The van der Waals surface area contributed by atoms with E-state index in [9.17, 15) is 9.50 Å². The molecule has 0 amide bonds. The molecule has 1 aromatic rings. The smallest absolute Gasteiger partial charge is 0.123 e. The SMILES string of the molecule is CCCCCCCCC(O)C(CN)c1cccc(F)c1. The second kappa shape index (κ2) is 9.89. The Balaban J connectivity index is 2.37. The minimum absolute atomic E-state index is 0.165. The Morgan fingerprint density at radius 1 is 1.15 bits per heavy atom. The van der Waals surface area contributed by atoms with Gasteiger partial charge in [-0.25, -0.2) is 4.39 Å². The molecule has 0 aromatic heterocycles. The number of hydrogen-bond acceptors (Lipinski definition) is 2. The van der Waals surface area contributed by atoms with Crippen LogP contribution >= 0.6 is 0 Å². The number of halogens is 1. The summed E-state index contributed by atoms with van der Waals surface area (Å²) in [5, 5.41) is 10.3. The van der Waals surface area contributed by atoms with Gasteiger partial charge in [0.15, 0.2) is 0 Å². The second-order valence-corrected chi connectivity index (χ2v) is 5.52. The number of hydrogen-bond donors (Lipinski definition) is 2. The fourth-order valence-corrected chi connectivity index (χ4v) is 2.59. The van der Waals surface area contributed by atoms with Gasteiger partial charge in [-0.15, -0.1) is 0 Å². The van der Waals surface area contributed by atoms with Gasteiger partial charge in [0.05, 0.1) is 6.10 Å². The van der Waals surface area contributed by atoms with Gasteiger partial charge in [0.2, 0.25) is 0 Å². The van der Waals surface area contributed by atoms with Crippen molar-refractivity contribution in [1.29, 1.82) is 0 Å². The van der Waals surface area contributed by atoms with Crippen LogP contribution in [0.3, 0.4) is 0 Å². The quantitative estimate of drug-likeness (QED) is 0.637. The summed E-state index contributed by atoms with van der Waals surface area (Å²) in [5.41, 5.74) is 6.54. The van der Waals surface area contributed by atoms with Gasteiger partial charge in [-0.2, -0.15) is 0 Å². The molecule has 3 N–H and O–H groups in total. The van der Waals surface area contributed by atoms with E-state index in [1.54, 1.807) is 6.07 Å². The Hall–Kier alpha value is -0.930. The molecule has 0 aliphatic heterocycles. The average molecular weight is 281 g/mol. The van der Waals surface area contributed by atoms with E-state index >= 15 is 0 Å². The van der Waals surface area contributed by atoms with Crippen molar-refractivity contribution in [1.82, 2.24) is 0 Å². The summed E-state index contributed by atoms with van der Waals surface area (Å²) in [5.74, 6) is -0.436. The van der Waals surface area contributed by atoms with Crippen molar-refractivity contribution in [2.45, 2.75) is 63.9 Å². The molecule has 1 rings (SSSR count). The zero-order valence-corrected chi connectivity index (χ0v) is 12.5. The molecule has 3 heteroatoms. The van der Waals surface area contributed by atoms with Crippen molar-refractivity contribution in [2.75, 3.05) is 6.54 Å². The van der Waals surface area contributed by atoms with E-state index in [2.05, 4.69) is 6.92 Å². The van der Waals surface area contributed by atoms with Gasteiger partial charge < -0.3 is 10.8 Å². The number of aliphatic hydroxyl groups excluding tert-OH is 1. The predicted molar refractivity (Wildman–Crippen MR) is 82.2 cm³/mol. The van der Waals surface area contributed by atoms with Crippen molar-refractivity contribution in [3.63, 3.8) is 0 Å². The lowest BCUT2D eigenvalue weighted by Crippen LogP contribution is -2.26. The van der Waals surface area contributed by atoms with Crippen molar-refractivity contribution in [2.24, 2.45) is 5.73 Å². The van der Waals surface area contributed by atoms with Gasteiger partial charge in [0.25, 0.3) is 0 Å². The highest BCUT2D eigenvalue weighted by Crippen LogP contribution is 2.23. The first-order chi connectivity index (χ1) is 9.69. The van der Waals surface area contributed by atoms with E-state index in [-0.39, 0.29) is 11.7 Å². The van der Waals surface area contributed by atoms with Crippen molar-refractivity contribution >= 4 is 0 Å². The van der Waals surface area contributed by atoms with Crippen LogP contribution < -0.4 is 5.73 Å². The van der Waals surface area contributed by atoms with Crippen LogP contribution in [0.4, 0.5) is 4.39 Å². The lowest BCUT2D eigenvalue weighted by molar-refractivity contribution is 0.132. The lowest BCUT2D eigenvalue weighted by Gasteiger charge is -2.22. The van der Waals surface area contributed by atoms with Crippen LogP contribution in [-0.4, -0.2) is 17.8 Å². The van der Waals surface area contributed by atoms with Gasteiger partial charge in [0.1, 0.15) is 5.82 Å². The number of rotatable bonds is 10. The third kappa shape index (κ3) is 6.02. The maximum Gasteiger partial charge on any atom is 0.123 e. The van der Waals surface area contributed by atoms with E-state index in [1.807, 2.05) is 6.07 Å². The Morgan fingerprint density at radius 3 is 2.50 bits per heavy atom. The molecule has 0 aliphatic rings. The van der Waals surface area contributed by atoms with E-state index < -0.39 is 6.10 Å². The van der Waals surface area contributed by atoms with Gasteiger partial charge in [0, 0.05) is 12.5 Å². The van der Waals surface area contributed by atoms with Gasteiger partial charge in [-0.05, 0) is 24.1 Å². The maximum absolute atomic E-state index is 13.2. The standard InChI is InChI=1S/C17H28FNO/c1-2-3-4-5-6-7-11-17(20)16(13-19)14-9-8-10-15(18)12-14/h8-10,12,16-17,20H,2-7,11,13,19H2,1H3. The molecule has 1 aromatic carbocycles. The molecule has 20 heavy (non-hydrogen) atoms. The molecular weight excluding hydrogens is 253 g/mol. The topological polar surface area (TPSA) is 46.2 Å². The van der Waals surface area contributed by atoms with Crippen LogP contribution in [0.15, 0.2) is 24.3 Å². The predicted octanol–water partition coefficient (Wildman–Crippen LogP) is 3.98. The normalized spacial score (nSPS) is 14.2. The number of aliphatic hydroxyl groups is 1. The number of nitrogens with two attached hydrogens (primary N) is 1. The van der Waals surface area contributed by atoms with Crippen molar-refractivity contribution in [3.8, 4) is 0 Å². The van der Waals surface area contributed by atoms with E-state index in [1.165, 1.54) is 37.8 Å². The largest absolute Gasteiger partial charge is 0.392 e. The van der Waals surface area contributed by atoms with Crippen LogP contribution in [0, 0.1) is 5.82 Å². The maximum atomic E-state index is 13.2. The Bertz CT molecular complexity index is 370. The van der Waals surface area contributed by atoms with Crippen LogP contribution in [0.1, 0.15) is 63.4 Å². The van der Waals surface area contributed by atoms with Gasteiger partial charge >= 0.3 is 0 Å². The zero-order chi connectivity index (χ0) is 14.8. The Morgan fingerprint density at radius 2 is 1.85 bits per heavy atom. The fourth-order valence-electron chi connectivity index (χ4n) is 2.59. The third-order valence-corrected chi connectivity index (χ3v) is 3.85. The van der Waals surface area contributed by atoms with Gasteiger partial charge in [-0.1, -0.05) is 57.6 Å². The zero-order valence-electron chi connectivity index (χ0n) is 12.5. The summed E-state index contributed by atoms with van der Waals surface area (Å²) >= 11 is 0. The third-order valence-electron chi connectivity index (χ3n) is 3.85. The molecule has 2 unspecified atom stereocenters. The Labute approximate surface area is 122 Å². The van der Waals surface area contributed by atoms with Crippen molar-refractivity contribution in [3.05, 3.63) is 35.6 Å². The lowest BCUT2D eigenvalue weighted by atomic mass is 9.90. The van der Waals surface area contributed by atoms with Crippen LogP contribution in [0.5, 0.6) is 0 Å². The molecule has 2 atom stereocenters. The summed E-state index contributed by atoms with van der Waals surface area (Å²) < 4.78 is 13.2. The first kappa shape index (κ1) is 17.1. The number of unbranched alkanes of at least 4 members (excludes halogenated alkanes) is 5. The molecule has 0 bridgehead atoms. The summed E-state index contributed by atoms with van der Waals surface area (Å²) in [6, 6.07) is 6.40. The molecule has 114 valence electrons. The minimum atomic E-state index is -0.479. The molecule has 0 saturated heterocycles. The van der Waals surface area contributed by atoms with E-state index in [0.29, 0.717) is 6.54 Å². The summed E-state index contributed by atoms with van der Waals surface area (Å²) in [6.07, 6.45) is 7.46. The molecule has 0 heterocycles. The first-order valence-corrected chi connectivity index (χ1v) is 7.82. The van der Waals surface area contributed by atoms with Crippen LogP contribution in [0.2, 0.25) is 0 Å². The second-order valence-electron chi connectivity index (χ2n) is 5.52. The van der Waals surface area contributed by atoms with E-state index in [0.717, 1.165) is 24.8 Å². The molecule has 2 nitrogen and oxygen atoms in total. The molecule has 0 fully saturated rings. The van der Waals surface area contributed by atoms with Crippen molar-refractivity contribution < 1.29 is 9.50 Å². The van der Waals surface area contributed by atoms with Gasteiger partial charge in [-0.3, -0.25) is 0 Å². The van der Waals surface area contributed by atoms with Crippen LogP contribution in [0.25, 0.3) is 0 Å². The van der Waals surface area contributed by atoms with E-state index in [4.69, 9.17) is 5.73 Å². The number of benzene rings is 1. The van der Waals surface area contributed by atoms with Crippen LogP contribution in [-0.2, 0) is 0 Å². The summed E-state index contributed by atoms with van der Waals surface area (Å²) in [6.45, 7) is 2.55. The first-order valence-electron chi connectivity index (χ1n) is 7.82. The highest BCUT2D eigenvalue weighted by Gasteiger charge is 2.19. The molecule has 0 aliphatic carbocycles. The molecule has 0 saturated carbocycles. The summed E-state index contributed by atoms with van der Waals surface area (Å²) in [7, 11) is 0. The summed E-state index contributed by atoms with van der Waals surface area (Å²) in [4.78, 5) is 0. The molecule has 0 radical (unpaired) electrons. The average Bonchev–Trinajstić information content (AvgIpc) is 2.43. The highest BCUT2D eigenvalue weighted by molar-refractivity contribution is 5.22. The highest BCUT2D eigenvalue weighted by atomic mass is 19.1. The fraction of sp³-hybridized carbons (Fsp3) is 0.647. The minimum Gasteiger partial charge on any atom is -0.392 e. The molecular formula is C17H28FNO.